The van der Waals surface area contributed by atoms with Crippen LogP contribution >= 0.6 is 31.9 Å². The molecule has 0 radical (unpaired) electrons. The lowest BCUT2D eigenvalue weighted by Gasteiger charge is -2.16. The molecule has 0 amide bonds. The molecule has 1 aromatic rings. The van der Waals surface area contributed by atoms with Crippen LogP contribution in [0.25, 0.3) is 0 Å². The molecule has 0 bridgehead atoms. The van der Waals surface area contributed by atoms with Crippen LogP contribution in [0.3, 0.4) is 0 Å². The minimum Gasteiger partial charge on any atom is -0.489 e. The largest absolute Gasteiger partial charge is 0.489 e. The van der Waals surface area contributed by atoms with Gasteiger partial charge in [-0.05, 0) is 48.5 Å². The van der Waals surface area contributed by atoms with Gasteiger partial charge in [0.2, 0.25) is 0 Å². The van der Waals surface area contributed by atoms with Gasteiger partial charge < -0.3 is 10.1 Å². The van der Waals surface area contributed by atoms with Crippen molar-refractivity contribution in [2.75, 3.05) is 6.54 Å². The van der Waals surface area contributed by atoms with Crippen molar-refractivity contribution in [1.82, 2.24) is 5.32 Å². The average Bonchev–Trinajstić information content (AvgIpc) is 2.19. The summed E-state index contributed by atoms with van der Waals surface area (Å²) < 4.78 is 7.87. The number of rotatable bonds is 5. The number of ether oxygens (including phenoxy) is 1. The zero-order chi connectivity index (χ0) is 12.1. The van der Waals surface area contributed by atoms with E-state index in [-0.39, 0.29) is 6.10 Å². The van der Waals surface area contributed by atoms with E-state index in [0.29, 0.717) is 0 Å². The highest BCUT2D eigenvalue weighted by atomic mass is 79.9. The Morgan fingerprint density at radius 3 is 2.56 bits per heavy atom. The molecule has 2 nitrogen and oxygen atoms in total. The Morgan fingerprint density at radius 2 is 2.00 bits per heavy atom. The van der Waals surface area contributed by atoms with Gasteiger partial charge in [-0.3, -0.25) is 0 Å². The van der Waals surface area contributed by atoms with Crippen molar-refractivity contribution in [3.8, 4) is 5.75 Å². The van der Waals surface area contributed by atoms with Gasteiger partial charge in [-0.2, -0.15) is 0 Å². The van der Waals surface area contributed by atoms with Gasteiger partial charge in [0, 0.05) is 16.6 Å². The van der Waals surface area contributed by atoms with Crippen LogP contribution in [-0.2, 0) is 6.54 Å². The van der Waals surface area contributed by atoms with Gasteiger partial charge in [0.05, 0.1) is 10.6 Å². The number of halogens is 2. The number of hydrogen-bond acceptors (Lipinski definition) is 2. The molecule has 0 unspecified atom stereocenters. The van der Waals surface area contributed by atoms with Crippen molar-refractivity contribution in [2.24, 2.45) is 0 Å². The summed E-state index contributed by atoms with van der Waals surface area (Å²) >= 11 is 7.03. The summed E-state index contributed by atoms with van der Waals surface area (Å²) in [5.41, 5.74) is 1.16. The quantitative estimate of drug-likeness (QED) is 0.862. The van der Waals surface area contributed by atoms with Crippen LogP contribution in [0, 0.1) is 0 Å². The SMILES string of the molecule is CCNCc1cc(Br)cc(Br)c1OC(C)C. The highest BCUT2D eigenvalue weighted by molar-refractivity contribution is 9.11. The molecule has 0 heterocycles. The Hall–Kier alpha value is -0.0600. The first-order chi connectivity index (χ1) is 7.54. The van der Waals surface area contributed by atoms with E-state index in [4.69, 9.17) is 4.74 Å². The minimum atomic E-state index is 0.179. The van der Waals surface area contributed by atoms with Crippen molar-refractivity contribution >= 4 is 31.9 Å². The molecule has 0 saturated carbocycles. The summed E-state index contributed by atoms with van der Waals surface area (Å²) in [4.78, 5) is 0. The number of nitrogens with one attached hydrogen (secondary N) is 1. The molecule has 0 aromatic heterocycles. The zero-order valence-corrected chi connectivity index (χ0v) is 13.0. The molecule has 0 aliphatic heterocycles. The van der Waals surface area contributed by atoms with Gasteiger partial charge in [-0.15, -0.1) is 0 Å². The van der Waals surface area contributed by atoms with Gasteiger partial charge in [-0.1, -0.05) is 22.9 Å². The summed E-state index contributed by atoms with van der Waals surface area (Å²) in [6, 6.07) is 4.10. The van der Waals surface area contributed by atoms with Crippen LogP contribution in [0.2, 0.25) is 0 Å². The van der Waals surface area contributed by atoms with Crippen LogP contribution < -0.4 is 10.1 Å². The monoisotopic (exact) mass is 349 g/mol. The highest BCUT2D eigenvalue weighted by Gasteiger charge is 2.11. The van der Waals surface area contributed by atoms with E-state index in [1.165, 1.54) is 0 Å². The van der Waals surface area contributed by atoms with Crippen LogP contribution in [0.4, 0.5) is 0 Å². The number of benzene rings is 1. The molecular weight excluding hydrogens is 334 g/mol. The second kappa shape index (κ2) is 6.62. The maximum absolute atomic E-state index is 5.82. The molecule has 0 aliphatic carbocycles. The lowest BCUT2D eigenvalue weighted by molar-refractivity contribution is 0.238. The molecule has 4 heteroatoms. The first-order valence-electron chi connectivity index (χ1n) is 5.39. The van der Waals surface area contributed by atoms with Crippen LogP contribution in [0.5, 0.6) is 5.75 Å². The number of hydrogen-bond donors (Lipinski definition) is 1. The fourth-order valence-corrected chi connectivity index (χ4v) is 2.78. The normalized spacial score (nSPS) is 10.9. The highest BCUT2D eigenvalue weighted by Crippen LogP contribution is 2.33. The van der Waals surface area contributed by atoms with E-state index in [0.717, 1.165) is 33.3 Å². The smallest absolute Gasteiger partial charge is 0.138 e. The van der Waals surface area contributed by atoms with E-state index in [1.807, 2.05) is 19.9 Å². The predicted octanol–water partition coefficient (Wildman–Crippen LogP) is 4.11. The summed E-state index contributed by atoms with van der Waals surface area (Å²) in [5.74, 6) is 0.930. The second-order valence-corrected chi connectivity index (χ2v) is 5.59. The molecule has 0 fully saturated rings. The lowest BCUT2D eigenvalue weighted by atomic mass is 10.2. The molecule has 0 atom stereocenters. The predicted molar refractivity (Wildman–Crippen MR) is 75.0 cm³/mol. The Morgan fingerprint density at radius 1 is 1.31 bits per heavy atom. The Bertz CT molecular complexity index is 353. The van der Waals surface area contributed by atoms with Crippen molar-refractivity contribution in [1.29, 1.82) is 0 Å². The maximum Gasteiger partial charge on any atom is 0.138 e. The zero-order valence-electron chi connectivity index (χ0n) is 9.81. The van der Waals surface area contributed by atoms with E-state index in [9.17, 15) is 0 Å². The molecule has 1 N–H and O–H groups in total. The van der Waals surface area contributed by atoms with E-state index in [2.05, 4.69) is 50.2 Å². The van der Waals surface area contributed by atoms with Crippen LogP contribution in [0.1, 0.15) is 26.3 Å². The molecule has 16 heavy (non-hydrogen) atoms. The molecule has 0 aliphatic rings. The third-order valence-electron chi connectivity index (χ3n) is 2.00. The van der Waals surface area contributed by atoms with Crippen molar-refractivity contribution in [3.05, 3.63) is 26.6 Å². The van der Waals surface area contributed by atoms with Crippen molar-refractivity contribution in [2.45, 2.75) is 33.4 Å². The van der Waals surface area contributed by atoms with E-state index >= 15 is 0 Å². The van der Waals surface area contributed by atoms with Gasteiger partial charge in [-0.25, -0.2) is 0 Å². The maximum atomic E-state index is 5.82. The summed E-state index contributed by atoms with van der Waals surface area (Å²) in [6.45, 7) is 7.93. The fraction of sp³-hybridized carbons (Fsp3) is 0.500. The first kappa shape index (κ1) is 14.0. The van der Waals surface area contributed by atoms with Crippen molar-refractivity contribution < 1.29 is 4.74 Å². The molecule has 0 spiro atoms. The Kier molecular flexibility index (Phi) is 5.79. The van der Waals surface area contributed by atoms with E-state index < -0.39 is 0 Å². The Labute approximate surface area is 114 Å². The minimum absolute atomic E-state index is 0.179. The topological polar surface area (TPSA) is 21.3 Å². The Balaban J connectivity index is 3.00. The van der Waals surface area contributed by atoms with Crippen LogP contribution in [-0.4, -0.2) is 12.6 Å². The van der Waals surface area contributed by atoms with Crippen LogP contribution in [0.15, 0.2) is 21.1 Å². The molecule has 1 aromatic carbocycles. The summed E-state index contributed by atoms with van der Waals surface area (Å²) in [6.07, 6.45) is 0.179. The summed E-state index contributed by atoms with van der Waals surface area (Å²) in [7, 11) is 0. The first-order valence-corrected chi connectivity index (χ1v) is 6.98. The van der Waals surface area contributed by atoms with Gasteiger partial charge in [0.25, 0.3) is 0 Å². The average molecular weight is 351 g/mol. The van der Waals surface area contributed by atoms with Gasteiger partial charge in [0.15, 0.2) is 0 Å². The second-order valence-electron chi connectivity index (χ2n) is 3.82. The van der Waals surface area contributed by atoms with E-state index in [1.54, 1.807) is 0 Å². The standard InChI is InChI=1S/C12H17Br2NO/c1-4-15-7-9-5-10(13)6-11(14)12(9)16-8(2)3/h5-6,8,15H,4,7H2,1-3H3. The lowest BCUT2D eigenvalue weighted by Crippen LogP contribution is -2.15. The van der Waals surface area contributed by atoms with Crippen molar-refractivity contribution in [3.63, 3.8) is 0 Å². The third-order valence-corrected chi connectivity index (χ3v) is 3.05. The molecular formula is C12H17Br2NO. The molecule has 1 rings (SSSR count). The fourth-order valence-electron chi connectivity index (χ4n) is 1.37. The molecule has 90 valence electrons. The summed E-state index contributed by atoms with van der Waals surface area (Å²) in [5, 5.41) is 3.31. The third kappa shape index (κ3) is 4.07. The van der Waals surface area contributed by atoms with Gasteiger partial charge in [0.1, 0.15) is 5.75 Å². The van der Waals surface area contributed by atoms with Gasteiger partial charge >= 0.3 is 0 Å². The molecule has 0 saturated heterocycles.